The maximum atomic E-state index is 12.9. The fourth-order valence-corrected chi connectivity index (χ4v) is 7.32. The van der Waals surface area contributed by atoms with Crippen LogP contribution in [-0.2, 0) is 38.0 Å². The number of esters is 2. The quantitative estimate of drug-likeness (QED) is 0.0172. The lowest BCUT2D eigenvalue weighted by atomic mass is 9.98. The molecular weight excluding hydrogens is 817 g/mol. The molecule has 0 spiro atoms. The Morgan fingerprint density at radius 3 is 1.52 bits per heavy atom. The summed E-state index contributed by atoms with van der Waals surface area (Å²) in [5, 5.41) is 71.9. The summed E-state index contributed by atoms with van der Waals surface area (Å²) in [7, 11) is 0. The third kappa shape index (κ3) is 24.7. The van der Waals surface area contributed by atoms with Crippen LogP contribution in [0, 0.1) is 0 Å². The van der Waals surface area contributed by atoms with E-state index in [2.05, 4.69) is 50.3 Å². The Hall–Kier alpha value is -2.28. The summed E-state index contributed by atoms with van der Waals surface area (Å²) < 4.78 is 33.5. The Morgan fingerprint density at radius 1 is 0.508 bits per heavy atom. The standard InChI is InChI=1S/C48H84O15/c1-3-5-7-9-11-13-15-17-18-19-21-22-24-26-28-30-39(50)58-33-36(61-40(51)31-29-27-25-23-20-16-14-12-10-8-6-4-2)34-59-47-46(57)44(55)42(53)38(63-47)35-60-48-45(56)43(54)41(52)37(32-49)62-48/h12-15,17-18,36-38,41-49,52-57H,3-11,16,19-35H2,1-2H3/b14-12+,15-13+,18-17+/t36-,37-,38-,41+,42+,43?,44?,45?,46?,47-,48-/m1/s1. The first-order valence-corrected chi connectivity index (χ1v) is 24.1. The fourth-order valence-electron chi connectivity index (χ4n) is 7.32. The zero-order valence-electron chi connectivity index (χ0n) is 38.3. The van der Waals surface area contributed by atoms with Gasteiger partial charge in [-0.15, -0.1) is 0 Å². The van der Waals surface area contributed by atoms with Crippen molar-refractivity contribution in [1.29, 1.82) is 0 Å². The van der Waals surface area contributed by atoms with E-state index in [1.807, 2.05) is 0 Å². The van der Waals surface area contributed by atoms with Crippen LogP contribution in [0.4, 0.5) is 0 Å². The molecule has 366 valence electrons. The monoisotopic (exact) mass is 901 g/mol. The van der Waals surface area contributed by atoms with Crippen LogP contribution in [0.5, 0.6) is 0 Å². The van der Waals surface area contributed by atoms with E-state index in [0.717, 1.165) is 77.0 Å². The molecule has 0 bridgehead atoms. The van der Waals surface area contributed by atoms with Gasteiger partial charge in [-0.1, -0.05) is 121 Å². The predicted molar refractivity (Wildman–Crippen MR) is 238 cm³/mol. The Labute approximate surface area is 376 Å². The molecule has 0 aliphatic carbocycles. The van der Waals surface area contributed by atoms with Crippen LogP contribution < -0.4 is 0 Å². The Balaban J connectivity index is 1.85. The zero-order chi connectivity index (χ0) is 46.1. The predicted octanol–water partition coefficient (Wildman–Crippen LogP) is 5.76. The molecule has 15 nitrogen and oxygen atoms in total. The number of hydrogen-bond acceptors (Lipinski definition) is 15. The molecule has 2 aliphatic rings. The van der Waals surface area contributed by atoms with Gasteiger partial charge in [0.05, 0.1) is 19.8 Å². The number of rotatable bonds is 36. The molecule has 2 aliphatic heterocycles. The molecule has 0 amide bonds. The highest BCUT2D eigenvalue weighted by atomic mass is 16.7. The third-order valence-corrected chi connectivity index (χ3v) is 11.4. The van der Waals surface area contributed by atoms with E-state index in [-0.39, 0.29) is 26.1 Å². The van der Waals surface area contributed by atoms with Crippen LogP contribution in [0.3, 0.4) is 0 Å². The first-order valence-electron chi connectivity index (χ1n) is 24.1. The number of aliphatic hydroxyl groups excluding tert-OH is 7. The molecule has 0 saturated carbocycles. The molecule has 0 aromatic heterocycles. The Kier molecular flexibility index (Phi) is 32.4. The van der Waals surface area contributed by atoms with Gasteiger partial charge in [0.25, 0.3) is 0 Å². The molecule has 0 aromatic carbocycles. The zero-order valence-corrected chi connectivity index (χ0v) is 38.3. The molecule has 2 saturated heterocycles. The van der Waals surface area contributed by atoms with Gasteiger partial charge >= 0.3 is 11.9 Å². The summed E-state index contributed by atoms with van der Waals surface area (Å²) >= 11 is 0. The highest BCUT2D eigenvalue weighted by Crippen LogP contribution is 2.26. The van der Waals surface area contributed by atoms with Crippen LogP contribution in [0.2, 0.25) is 0 Å². The van der Waals surface area contributed by atoms with Gasteiger partial charge in [-0.25, -0.2) is 0 Å². The molecule has 7 N–H and O–H groups in total. The number of ether oxygens (including phenoxy) is 6. The lowest BCUT2D eigenvalue weighted by Crippen LogP contribution is -2.61. The van der Waals surface area contributed by atoms with Gasteiger partial charge in [-0.3, -0.25) is 9.59 Å². The summed E-state index contributed by atoms with van der Waals surface area (Å²) in [5.41, 5.74) is 0. The van der Waals surface area contributed by atoms with Gasteiger partial charge in [0, 0.05) is 12.8 Å². The average Bonchev–Trinajstić information content (AvgIpc) is 3.28. The van der Waals surface area contributed by atoms with Crippen molar-refractivity contribution in [1.82, 2.24) is 0 Å². The lowest BCUT2D eigenvalue weighted by molar-refractivity contribution is -0.332. The maximum absolute atomic E-state index is 12.9. The molecule has 0 radical (unpaired) electrons. The molecule has 2 heterocycles. The molecule has 15 heteroatoms. The minimum Gasteiger partial charge on any atom is -0.462 e. The van der Waals surface area contributed by atoms with Gasteiger partial charge in [0.2, 0.25) is 0 Å². The summed E-state index contributed by atoms with van der Waals surface area (Å²) in [6, 6.07) is 0. The van der Waals surface area contributed by atoms with E-state index in [0.29, 0.717) is 12.8 Å². The second kappa shape index (κ2) is 35.9. The van der Waals surface area contributed by atoms with Gasteiger partial charge in [0.15, 0.2) is 18.7 Å². The van der Waals surface area contributed by atoms with E-state index in [4.69, 9.17) is 28.4 Å². The van der Waals surface area contributed by atoms with Crippen LogP contribution >= 0.6 is 0 Å². The van der Waals surface area contributed by atoms with Crippen molar-refractivity contribution in [3.05, 3.63) is 36.5 Å². The number of allylic oxidation sites excluding steroid dienone is 6. The Bertz CT molecular complexity index is 1240. The molecule has 2 fully saturated rings. The van der Waals surface area contributed by atoms with E-state index in [1.54, 1.807) is 0 Å². The number of unbranched alkanes of at least 4 members (excludes halogenated alkanes) is 17. The summed E-state index contributed by atoms with van der Waals surface area (Å²) in [5.74, 6) is -0.955. The molecular formula is C48H84O15. The fraction of sp³-hybridized carbons (Fsp3) is 0.833. The lowest BCUT2D eigenvalue weighted by Gasteiger charge is -2.42. The highest BCUT2D eigenvalue weighted by molar-refractivity contribution is 5.70. The number of carbonyl (C=O) groups excluding carboxylic acids is 2. The van der Waals surface area contributed by atoms with Gasteiger partial charge in [-0.2, -0.15) is 0 Å². The normalized spacial score (nSPS) is 27.1. The second-order valence-corrected chi connectivity index (χ2v) is 17.0. The van der Waals surface area contributed by atoms with E-state index in [9.17, 15) is 45.3 Å². The highest BCUT2D eigenvalue weighted by Gasteiger charge is 2.47. The van der Waals surface area contributed by atoms with Crippen molar-refractivity contribution >= 4 is 11.9 Å². The minimum absolute atomic E-state index is 0.151. The summed E-state index contributed by atoms with van der Waals surface area (Å²) in [4.78, 5) is 25.6. The van der Waals surface area contributed by atoms with Crippen molar-refractivity contribution in [2.24, 2.45) is 0 Å². The Morgan fingerprint density at radius 2 is 0.952 bits per heavy atom. The number of hydrogen-bond donors (Lipinski definition) is 7. The molecule has 4 unspecified atom stereocenters. The van der Waals surface area contributed by atoms with Crippen molar-refractivity contribution < 1.29 is 73.8 Å². The van der Waals surface area contributed by atoms with Crippen LogP contribution in [0.1, 0.15) is 162 Å². The smallest absolute Gasteiger partial charge is 0.306 e. The minimum atomic E-state index is -1.77. The largest absolute Gasteiger partial charge is 0.462 e. The van der Waals surface area contributed by atoms with Crippen molar-refractivity contribution in [3.8, 4) is 0 Å². The van der Waals surface area contributed by atoms with Gasteiger partial charge < -0.3 is 64.2 Å². The summed E-state index contributed by atoms with van der Waals surface area (Å²) in [6.45, 7) is 2.50. The van der Waals surface area contributed by atoms with Gasteiger partial charge in [0.1, 0.15) is 55.4 Å². The molecule has 2 rings (SSSR count). The third-order valence-electron chi connectivity index (χ3n) is 11.4. The number of aliphatic hydroxyl groups is 7. The molecule has 0 aromatic rings. The first-order chi connectivity index (χ1) is 30.5. The van der Waals surface area contributed by atoms with E-state index < -0.39 is 92.7 Å². The van der Waals surface area contributed by atoms with Crippen LogP contribution in [0.15, 0.2) is 36.5 Å². The number of carbonyl (C=O) groups is 2. The molecule has 63 heavy (non-hydrogen) atoms. The van der Waals surface area contributed by atoms with Crippen LogP contribution in [-0.4, -0.2) is 142 Å². The molecule has 11 atom stereocenters. The van der Waals surface area contributed by atoms with Crippen molar-refractivity contribution in [3.63, 3.8) is 0 Å². The van der Waals surface area contributed by atoms with E-state index >= 15 is 0 Å². The van der Waals surface area contributed by atoms with Crippen molar-refractivity contribution in [2.45, 2.75) is 229 Å². The second-order valence-electron chi connectivity index (χ2n) is 17.0. The van der Waals surface area contributed by atoms with E-state index in [1.165, 1.54) is 44.9 Å². The van der Waals surface area contributed by atoms with Gasteiger partial charge in [-0.05, 0) is 64.2 Å². The first kappa shape index (κ1) is 56.8. The summed E-state index contributed by atoms with van der Waals surface area (Å²) in [6.07, 6.45) is 18.9. The average molecular weight is 901 g/mol. The maximum Gasteiger partial charge on any atom is 0.306 e. The van der Waals surface area contributed by atoms with Crippen LogP contribution in [0.25, 0.3) is 0 Å². The topological polar surface area (TPSA) is 231 Å². The van der Waals surface area contributed by atoms with Crippen molar-refractivity contribution in [2.75, 3.05) is 26.4 Å². The SMILES string of the molecule is CCCCC/C=C/CCCCCCCC(=O)O[C@H](COC(=O)CCCCCCC/C=C/C=C/CCCCCC)CO[C@@H]1O[C@H](CO[C@@H]2O[C@H](CO)[C@H](O)C(O)C2O)[C@H](O)C(O)C1O.